The predicted molar refractivity (Wildman–Crippen MR) is 87.8 cm³/mol. The van der Waals surface area contributed by atoms with Crippen molar-refractivity contribution < 1.29 is 9.59 Å². The number of aromatic nitrogens is 1. The van der Waals surface area contributed by atoms with E-state index in [1.54, 1.807) is 18.3 Å². The Bertz CT molecular complexity index is 592. The Hall–Kier alpha value is -2.17. The Kier molecular flexibility index (Phi) is 4.74. The lowest BCUT2D eigenvalue weighted by atomic mass is 9.94. The molecule has 1 aromatic heterocycles. The fourth-order valence-electron chi connectivity index (χ4n) is 3.40. The molecule has 0 bridgehead atoms. The number of rotatable bonds is 3. The van der Waals surface area contributed by atoms with Gasteiger partial charge in [-0.2, -0.15) is 0 Å². The summed E-state index contributed by atoms with van der Waals surface area (Å²) in [7, 11) is 0. The average molecular weight is 313 g/mol. The van der Waals surface area contributed by atoms with E-state index in [4.69, 9.17) is 0 Å². The number of amides is 2. The van der Waals surface area contributed by atoms with Crippen LogP contribution in [0.2, 0.25) is 0 Å². The monoisotopic (exact) mass is 313 g/mol. The molecule has 0 radical (unpaired) electrons. The number of carbonyl (C=O) groups is 2. The summed E-state index contributed by atoms with van der Waals surface area (Å²) < 4.78 is 0. The van der Waals surface area contributed by atoms with Crippen molar-refractivity contribution in [2.45, 2.75) is 32.2 Å². The van der Waals surface area contributed by atoms with Crippen LogP contribution in [0, 0.1) is 5.92 Å². The van der Waals surface area contributed by atoms with Gasteiger partial charge in [-0.1, -0.05) is 25.1 Å². The largest absolute Gasteiger partial charge is 0.337 e. The van der Waals surface area contributed by atoms with Crippen LogP contribution in [0.1, 0.15) is 36.7 Å². The fourth-order valence-corrected chi connectivity index (χ4v) is 3.40. The first kappa shape index (κ1) is 15.7. The maximum atomic E-state index is 12.7. The molecule has 1 atom stereocenters. The second kappa shape index (κ2) is 6.94. The lowest BCUT2D eigenvalue weighted by Crippen LogP contribution is -2.46. The van der Waals surface area contributed by atoms with E-state index in [9.17, 15) is 9.59 Å². The zero-order valence-corrected chi connectivity index (χ0v) is 13.5. The van der Waals surface area contributed by atoms with Crippen molar-refractivity contribution in [3.05, 3.63) is 42.2 Å². The van der Waals surface area contributed by atoms with Crippen LogP contribution < -0.4 is 0 Å². The SMILES string of the molecule is CC[C@@H]1C=CCN1C(=O)C1CCN(C(=O)c2ccccn2)CC1. The Morgan fingerprint density at radius 3 is 2.70 bits per heavy atom. The second-order valence-electron chi connectivity index (χ2n) is 6.18. The Morgan fingerprint density at radius 1 is 1.26 bits per heavy atom. The molecule has 2 aliphatic heterocycles. The van der Waals surface area contributed by atoms with E-state index in [2.05, 4.69) is 24.1 Å². The molecule has 1 saturated heterocycles. The van der Waals surface area contributed by atoms with Crippen LogP contribution in [0.15, 0.2) is 36.5 Å². The Morgan fingerprint density at radius 2 is 2.04 bits per heavy atom. The number of carbonyl (C=O) groups excluding carboxylic acids is 2. The zero-order valence-electron chi connectivity index (χ0n) is 13.5. The lowest BCUT2D eigenvalue weighted by Gasteiger charge is -2.34. The topological polar surface area (TPSA) is 53.5 Å². The van der Waals surface area contributed by atoms with E-state index in [0.717, 1.165) is 25.8 Å². The first-order valence-electron chi connectivity index (χ1n) is 8.38. The highest BCUT2D eigenvalue weighted by molar-refractivity contribution is 5.92. The van der Waals surface area contributed by atoms with Gasteiger partial charge in [0.15, 0.2) is 0 Å². The van der Waals surface area contributed by atoms with Gasteiger partial charge in [0.2, 0.25) is 5.91 Å². The summed E-state index contributed by atoms with van der Waals surface area (Å²) in [6, 6.07) is 5.61. The second-order valence-corrected chi connectivity index (χ2v) is 6.18. The number of hydrogen-bond acceptors (Lipinski definition) is 3. The van der Waals surface area contributed by atoms with Gasteiger partial charge in [0.05, 0.1) is 6.04 Å². The third-order valence-corrected chi connectivity index (χ3v) is 4.78. The van der Waals surface area contributed by atoms with E-state index in [1.807, 2.05) is 15.9 Å². The van der Waals surface area contributed by atoms with E-state index in [1.165, 1.54) is 0 Å². The minimum Gasteiger partial charge on any atom is -0.337 e. The number of likely N-dealkylation sites (tertiary alicyclic amines) is 1. The fraction of sp³-hybridized carbons (Fsp3) is 0.500. The van der Waals surface area contributed by atoms with Crippen LogP contribution in [0.25, 0.3) is 0 Å². The highest BCUT2D eigenvalue weighted by Gasteiger charge is 2.33. The molecule has 3 rings (SSSR count). The van der Waals surface area contributed by atoms with E-state index in [0.29, 0.717) is 18.8 Å². The number of hydrogen-bond donors (Lipinski definition) is 0. The summed E-state index contributed by atoms with van der Waals surface area (Å²) in [5.41, 5.74) is 0.479. The summed E-state index contributed by atoms with van der Waals surface area (Å²) in [6.07, 6.45) is 8.27. The molecule has 0 aliphatic carbocycles. The summed E-state index contributed by atoms with van der Waals surface area (Å²) in [5, 5.41) is 0. The molecule has 23 heavy (non-hydrogen) atoms. The Labute approximate surface area is 137 Å². The van der Waals surface area contributed by atoms with Crippen LogP contribution in [0.3, 0.4) is 0 Å². The van der Waals surface area contributed by atoms with Crippen LogP contribution in [-0.2, 0) is 4.79 Å². The van der Waals surface area contributed by atoms with Gasteiger partial charge >= 0.3 is 0 Å². The van der Waals surface area contributed by atoms with Gasteiger partial charge in [-0.05, 0) is 31.4 Å². The molecule has 5 nitrogen and oxygen atoms in total. The van der Waals surface area contributed by atoms with Gasteiger partial charge in [0, 0.05) is 31.7 Å². The minimum absolute atomic E-state index is 0.0363. The molecule has 0 spiro atoms. The maximum Gasteiger partial charge on any atom is 0.272 e. The molecule has 2 aliphatic rings. The molecular formula is C18H23N3O2. The minimum atomic E-state index is -0.0363. The summed E-state index contributed by atoms with van der Waals surface area (Å²) in [5.74, 6) is 0.245. The van der Waals surface area contributed by atoms with Crippen LogP contribution in [-0.4, -0.2) is 52.3 Å². The number of pyridine rings is 1. The molecule has 2 amide bonds. The third kappa shape index (κ3) is 3.28. The standard InChI is InChI=1S/C18H23N3O2/c1-2-15-6-5-11-21(15)17(22)14-8-12-20(13-9-14)18(23)16-7-3-4-10-19-16/h3-7,10,14-15H,2,8-9,11-13H2,1H3/t15-/m1/s1. The molecule has 5 heteroatoms. The van der Waals surface area contributed by atoms with Crippen molar-refractivity contribution in [2.24, 2.45) is 5.92 Å². The van der Waals surface area contributed by atoms with Crippen molar-refractivity contribution >= 4 is 11.8 Å². The zero-order chi connectivity index (χ0) is 16.2. The average Bonchev–Trinajstić information content (AvgIpc) is 3.10. The van der Waals surface area contributed by atoms with Crippen LogP contribution in [0.5, 0.6) is 0 Å². The van der Waals surface area contributed by atoms with Crippen molar-refractivity contribution in [2.75, 3.05) is 19.6 Å². The van der Waals surface area contributed by atoms with Gasteiger partial charge in [-0.25, -0.2) is 0 Å². The molecule has 0 unspecified atom stereocenters. The normalized spacial score (nSPS) is 21.7. The Balaban J connectivity index is 1.56. The molecule has 0 saturated carbocycles. The highest BCUT2D eigenvalue weighted by Crippen LogP contribution is 2.24. The number of piperidine rings is 1. The van der Waals surface area contributed by atoms with E-state index in [-0.39, 0.29) is 23.8 Å². The van der Waals surface area contributed by atoms with Gasteiger partial charge < -0.3 is 9.80 Å². The molecule has 0 N–H and O–H groups in total. The maximum absolute atomic E-state index is 12.7. The van der Waals surface area contributed by atoms with Crippen molar-refractivity contribution in [1.29, 1.82) is 0 Å². The lowest BCUT2D eigenvalue weighted by molar-refractivity contribution is -0.137. The molecule has 122 valence electrons. The van der Waals surface area contributed by atoms with Gasteiger partial charge in [-0.15, -0.1) is 0 Å². The highest BCUT2D eigenvalue weighted by atomic mass is 16.2. The summed E-state index contributed by atoms with van der Waals surface area (Å²) >= 11 is 0. The van der Waals surface area contributed by atoms with Crippen LogP contribution in [0.4, 0.5) is 0 Å². The number of nitrogens with zero attached hydrogens (tertiary/aromatic N) is 3. The summed E-state index contributed by atoms with van der Waals surface area (Å²) in [4.78, 5) is 33.0. The molecule has 1 fully saturated rings. The molecule has 1 aromatic rings. The van der Waals surface area contributed by atoms with Gasteiger partial charge in [0.25, 0.3) is 5.91 Å². The predicted octanol–water partition coefficient (Wildman–Crippen LogP) is 2.11. The van der Waals surface area contributed by atoms with Crippen LogP contribution >= 0.6 is 0 Å². The van der Waals surface area contributed by atoms with Crippen molar-refractivity contribution in [1.82, 2.24) is 14.8 Å². The third-order valence-electron chi connectivity index (χ3n) is 4.78. The first-order chi connectivity index (χ1) is 11.2. The molecule has 3 heterocycles. The molecular weight excluding hydrogens is 290 g/mol. The van der Waals surface area contributed by atoms with E-state index < -0.39 is 0 Å². The quantitative estimate of drug-likeness (QED) is 0.803. The van der Waals surface area contributed by atoms with Gasteiger partial charge in [0.1, 0.15) is 5.69 Å². The molecule has 0 aromatic carbocycles. The first-order valence-corrected chi connectivity index (χ1v) is 8.38. The van der Waals surface area contributed by atoms with E-state index >= 15 is 0 Å². The van der Waals surface area contributed by atoms with Crippen molar-refractivity contribution in [3.8, 4) is 0 Å². The summed E-state index contributed by atoms with van der Waals surface area (Å²) in [6.45, 7) is 4.09. The van der Waals surface area contributed by atoms with Gasteiger partial charge in [-0.3, -0.25) is 14.6 Å². The smallest absolute Gasteiger partial charge is 0.272 e. The van der Waals surface area contributed by atoms with Crippen molar-refractivity contribution in [3.63, 3.8) is 0 Å².